The molecule has 0 amide bonds. The molecule has 0 aliphatic heterocycles. The third kappa shape index (κ3) is 2.44. The second kappa shape index (κ2) is 5.77. The van der Waals surface area contributed by atoms with E-state index in [-0.39, 0.29) is 5.69 Å². The molecule has 0 spiro atoms. The van der Waals surface area contributed by atoms with Gasteiger partial charge in [-0.25, -0.2) is 0 Å². The van der Waals surface area contributed by atoms with E-state index in [2.05, 4.69) is 26.3 Å². The van der Waals surface area contributed by atoms with Gasteiger partial charge in [0.25, 0.3) is 5.69 Å². The Kier molecular flexibility index (Phi) is 3.26. The number of rotatable bonds is 3. The largest absolute Gasteiger partial charge is 0.359 e. The van der Waals surface area contributed by atoms with Crippen molar-refractivity contribution in [2.24, 2.45) is 10.2 Å². The van der Waals surface area contributed by atoms with E-state index in [0.717, 1.165) is 38.4 Å². The van der Waals surface area contributed by atoms with Crippen molar-refractivity contribution < 1.29 is 4.92 Å². The number of fused-ring (bicyclic) bond motifs is 5. The summed E-state index contributed by atoms with van der Waals surface area (Å²) >= 11 is 0. The number of nitro groups is 1. The standard InChI is InChI=1S/C20H13N5O2/c26-25(27)13-7-5-12(6-8-13)23-24-18-11-21-16-9-10-17-19(20(16)18)14-3-1-2-4-15(14)22-17/h1-11,21-22H. The van der Waals surface area contributed by atoms with Crippen LogP contribution in [0.2, 0.25) is 0 Å². The van der Waals surface area contributed by atoms with Crippen molar-refractivity contribution in [2.45, 2.75) is 0 Å². The van der Waals surface area contributed by atoms with Crippen molar-refractivity contribution in [3.63, 3.8) is 0 Å². The summed E-state index contributed by atoms with van der Waals surface area (Å²) in [7, 11) is 0. The topological polar surface area (TPSA) is 99.4 Å². The number of hydrogen-bond acceptors (Lipinski definition) is 4. The first-order chi connectivity index (χ1) is 13.2. The maximum absolute atomic E-state index is 10.8. The Bertz CT molecular complexity index is 1350. The van der Waals surface area contributed by atoms with Crippen LogP contribution < -0.4 is 0 Å². The maximum atomic E-state index is 10.8. The molecule has 130 valence electrons. The Morgan fingerprint density at radius 2 is 1.59 bits per heavy atom. The molecule has 3 aromatic carbocycles. The molecule has 7 nitrogen and oxygen atoms in total. The normalized spacial score (nSPS) is 11.9. The lowest BCUT2D eigenvalue weighted by atomic mass is 10.1. The molecule has 2 aromatic heterocycles. The molecule has 27 heavy (non-hydrogen) atoms. The van der Waals surface area contributed by atoms with Crippen LogP contribution in [-0.2, 0) is 0 Å². The Labute approximate surface area is 152 Å². The number of hydrogen-bond donors (Lipinski definition) is 2. The maximum Gasteiger partial charge on any atom is 0.269 e. The lowest BCUT2D eigenvalue weighted by Gasteiger charge is -1.97. The zero-order valence-electron chi connectivity index (χ0n) is 14.0. The SMILES string of the molecule is O=[N+]([O-])c1ccc(N=Nc2c[nH]c3ccc4[nH]c5ccccc5c4c23)cc1. The molecule has 0 saturated carbocycles. The first-order valence-electron chi connectivity index (χ1n) is 8.37. The van der Waals surface area contributed by atoms with Crippen LogP contribution in [0.4, 0.5) is 17.1 Å². The summed E-state index contributed by atoms with van der Waals surface area (Å²) in [6.07, 6.45) is 1.82. The summed E-state index contributed by atoms with van der Waals surface area (Å²) in [4.78, 5) is 17.0. The molecule has 0 fully saturated rings. The highest BCUT2D eigenvalue weighted by molar-refractivity contribution is 6.22. The van der Waals surface area contributed by atoms with Gasteiger partial charge >= 0.3 is 0 Å². The zero-order chi connectivity index (χ0) is 18.4. The van der Waals surface area contributed by atoms with Gasteiger partial charge in [0.05, 0.1) is 10.6 Å². The van der Waals surface area contributed by atoms with Crippen LogP contribution in [0.25, 0.3) is 32.7 Å². The second-order valence-corrected chi connectivity index (χ2v) is 6.23. The molecule has 0 unspecified atom stereocenters. The van der Waals surface area contributed by atoms with Gasteiger partial charge < -0.3 is 9.97 Å². The van der Waals surface area contributed by atoms with E-state index >= 15 is 0 Å². The number of non-ortho nitro benzene ring substituents is 1. The summed E-state index contributed by atoms with van der Waals surface area (Å²) in [6, 6.07) is 18.2. The van der Waals surface area contributed by atoms with Gasteiger partial charge in [0, 0.05) is 51.0 Å². The van der Waals surface area contributed by atoms with E-state index in [1.54, 1.807) is 12.1 Å². The number of benzene rings is 3. The second-order valence-electron chi connectivity index (χ2n) is 6.23. The summed E-state index contributed by atoms with van der Waals surface area (Å²) in [5, 5.41) is 22.6. The summed E-state index contributed by atoms with van der Waals surface area (Å²) < 4.78 is 0. The molecule has 7 heteroatoms. The summed E-state index contributed by atoms with van der Waals surface area (Å²) in [6.45, 7) is 0. The molecule has 0 aliphatic carbocycles. The monoisotopic (exact) mass is 355 g/mol. The minimum Gasteiger partial charge on any atom is -0.359 e. The Balaban J connectivity index is 1.66. The first kappa shape index (κ1) is 15.3. The molecule has 0 aliphatic rings. The molecular weight excluding hydrogens is 342 g/mol. The predicted octanol–water partition coefficient (Wildman–Crippen LogP) is 6.13. The fourth-order valence-corrected chi connectivity index (χ4v) is 3.38. The van der Waals surface area contributed by atoms with Crippen LogP contribution in [0.1, 0.15) is 0 Å². The molecule has 0 radical (unpaired) electrons. The van der Waals surface area contributed by atoms with Crippen LogP contribution in [0.5, 0.6) is 0 Å². The number of aromatic nitrogens is 2. The minimum atomic E-state index is -0.436. The number of nitrogens with one attached hydrogen (secondary N) is 2. The molecule has 5 rings (SSSR count). The van der Waals surface area contributed by atoms with Crippen LogP contribution in [-0.4, -0.2) is 14.9 Å². The number of H-pyrrole nitrogens is 2. The van der Waals surface area contributed by atoms with Gasteiger partial charge in [-0.2, -0.15) is 5.11 Å². The predicted molar refractivity (Wildman–Crippen MR) is 105 cm³/mol. The van der Waals surface area contributed by atoms with Crippen molar-refractivity contribution in [2.75, 3.05) is 0 Å². The molecule has 0 saturated heterocycles. The van der Waals surface area contributed by atoms with Gasteiger partial charge in [-0.15, -0.1) is 5.11 Å². The highest BCUT2D eigenvalue weighted by Crippen LogP contribution is 2.38. The Morgan fingerprint density at radius 3 is 2.41 bits per heavy atom. The minimum absolute atomic E-state index is 0.0292. The Morgan fingerprint density at radius 1 is 0.815 bits per heavy atom. The van der Waals surface area contributed by atoms with Crippen molar-refractivity contribution >= 4 is 49.8 Å². The lowest BCUT2D eigenvalue weighted by molar-refractivity contribution is -0.384. The highest BCUT2D eigenvalue weighted by Gasteiger charge is 2.12. The van der Waals surface area contributed by atoms with Crippen LogP contribution in [0.3, 0.4) is 0 Å². The Hall–Kier alpha value is -4.00. The van der Waals surface area contributed by atoms with E-state index in [0.29, 0.717) is 5.69 Å². The summed E-state index contributed by atoms with van der Waals surface area (Å²) in [5.74, 6) is 0. The van der Waals surface area contributed by atoms with Crippen molar-refractivity contribution in [1.82, 2.24) is 9.97 Å². The van der Waals surface area contributed by atoms with E-state index in [1.807, 2.05) is 36.5 Å². The van der Waals surface area contributed by atoms with Gasteiger partial charge in [-0.05, 0) is 30.3 Å². The number of nitro benzene ring substituents is 1. The number of para-hydroxylation sites is 1. The lowest BCUT2D eigenvalue weighted by Crippen LogP contribution is -1.85. The van der Waals surface area contributed by atoms with E-state index in [9.17, 15) is 10.1 Å². The van der Waals surface area contributed by atoms with E-state index in [1.165, 1.54) is 12.1 Å². The number of nitrogens with zero attached hydrogens (tertiary/aromatic N) is 3. The van der Waals surface area contributed by atoms with E-state index in [4.69, 9.17) is 0 Å². The quantitative estimate of drug-likeness (QED) is 0.231. The fraction of sp³-hybridized carbons (Fsp3) is 0. The average Bonchev–Trinajstić information content (AvgIpc) is 3.27. The molecule has 5 aromatic rings. The first-order valence-corrected chi connectivity index (χ1v) is 8.37. The van der Waals surface area contributed by atoms with Gasteiger partial charge in [-0.3, -0.25) is 10.1 Å². The molecule has 2 heterocycles. The molecular formula is C20H13N5O2. The molecule has 2 N–H and O–H groups in total. The molecule has 0 atom stereocenters. The third-order valence-corrected chi connectivity index (χ3v) is 4.63. The fourth-order valence-electron chi connectivity index (χ4n) is 3.38. The van der Waals surface area contributed by atoms with Crippen molar-refractivity contribution in [1.29, 1.82) is 0 Å². The van der Waals surface area contributed by atoms with Gasteiger partial charge in [0.2, 0.25) is 0 Å². The smallest absolute Gasteiger partial charge is 0.269 e. The van der Waals surface area contributed by atoms with Gasteiger partial charge in [0.15, 0.2) is 0 Å². The van der Waals surface area contributed by atoms with Crippen LogP contribution in [0.15, 0.2) is 77.1 Å². The van der Waals surface area contributed by atoms with Crippen LogP contribution in [0, 0.1) is 10.1 Å². The van der Waals surface area contributed by atoms with E-state index < -0.39 is 4.92 Å². The number of aromatic amines is 2. The average molecular weight is 355 g/mol. The number of azo groups is 1. The van der Waals surface area contributed by atoms with Crippen molar-refractivity contribution in [3.8, 4) is 0 Å². The highest BCUT2D eigenvalue weighted by atomic mass is 16.6. The third-order valence-electron chi connectivity index (χ3n) is 4.63. The van der Waals surface area contributed by atoms with Crippen molar-refractivity contribution in [3.05, 3.63) is 77.0 Å². The van der Waals surface area contributed by atoms with Crippen LogP contribution >= 0.6 is 0 Å². The summed E-state index contributed by atoms with van der Waals surface area (Å²) in [5.41, 5.74) is 4.39. The molecule has 0 bridgehead atoms. The van der Waals surface area contributed by atoms with Gasteiger partial charge in [-0.1, -0.05) is 18.2 Å². The zero-order valence-corrected chi connectivity index (χ0v) is 14.0. The van der Waals surface area contributed by atoms with Gasteiger partial charge in [0.1, 0.15) is 5.69 Å².